The molecule has 1 saturated heterocycles. The van der Waals surface area contributed by atoms with Crippen molar-refractivity contribution in [2.45, 2.75) is 19.3 Å². The Kier molecular flexibility index (Phi) is 5.59. The lowest BCUT2D eigenvalue weighted by Gasteiger charge is -2.15. The average Bonchev–Trinajstić information content (AvgIpc) is 2.83. The van der Waals surface area contributed by atoms with Gasteiger partial charge in [-0.25, -0.2) is 0 Å². The molecule has 0 aliphatic carbocycles. The standard InChI is InChI=1S/C15H19ClN2O3/c16-12-2-1-3-13(9-12)17-14(19)5-7-18-6-4-11(10-18)8-15(20)21/h1-3,9,11H,4-8,10H2,(H,17,19)(H,20,21). The van der Waals surface area contributed by atoms with Crippen molar-refractivity contribution in [3.8, 4) is 0 Å². The highest BCUT2D eigenvalue weighted by Crippen LogP contribution is 2.20. The van der Waals surface area contributed by atoms with Gasteiger partial charge in [-0.05, 0) is 37.1 Å². The molecule has 2 rings (SSSR count). The first-order chi connectivity index (χ1) is 10.0. The molecule has 1 aliphatic heterocycles. The number of carboxylic acid groups (broad SMARTS) is 1. The minimum atomic E-state index is -0.749. The summed E-state index contributed by atoms with van der Waals surface area (Å²) in [6.45, 7) is 2.28. The van der Waals surface area contributed by atoms with Crippen molar-refractivity contribution in [1.82, 2.24) is 4.90 Å². The molecule has 0 aromatic heterocycles. The molecule has 1 aliphatic rings. The van der Waals surface area contributed by atoms with Gasteiger partial charge in [-0.3, -0.25) is 9.59 Å². The summed E-state index contributed by atoms with van der Waals surface area (Å²) in [6.07, 6.45) is 1.50. The third kappa shape index (κ3) is 5.36. The van der Waals surface area contributed by atoms with Gasteiger partial charge in [0, 0.05) is 36.6 Å². The van der Waals surface area contributed by atoms with Gasteiger partial charge in [-0.2, -0.15) is 0 Å². The van der Waals surface area contributed by atoms with Crippen LogP contribution in [0.3, 0.4) is 0 Å². The number of hydrogen-bond acceptors (Lipinski definition) is 3. The van der Waals surface area contributed by atoms with Crippen molar-refractivity contribution in [2.75, 3.05) is 25.0 Å². The lowest BCUT2D eigenvalue weighted by molar-refractivity contribution is -0.138. The molecule has 0 bridgehead atoms. The SMILES string of the molecule is O=C(O)CC1CCN(CCC(=O)Nc2cccc(Cl)c2)C1. The lowest BCUT2D eigenvalue weighted by Crippen LogP contribution is -2.26. The van der Waals surface area contributed by atoms with Gasteiger partial charge in [-0.1, -0.05) is 17.7 Å². The average molecular weight is 311 g/mol. The molecule has 2 N–H and O–H groups in total. The fourth-order valence-electron chi connectivity index (χ4n) is 2.58. The molecular weight excluding hydrogens is 292 g/mol. The van der Waals surface area contributed by atoms with E-state index in [4.69, 9.17) is 16.7 Å². The second-order valence-electron chi connectivity index (χ2n) is 5.36. The van der Waals surface area contributed by atoms with Crippen LogP contribution in [0.5, 0.6) is 0 Å². The lowest BCUT2D eigenvalue weighted by atomic mass is 10.1. The van der Waals surface area contributed by atoms with E-state index in [2.05, 4.69) is 10.2 Å². The quantitative estimate of drug-likeness (QED) is 0.847. The van der Waals surface area contributed by atoms with Gasteiger partial charge in [0.25, 0.3) is 0 Å². The summed E-state index contributed by atoms with van der Waals surface area (Å²) in [5.74, 6) is -0.599. The molecule has 5 nitrogen and oxygen atoms in total. The number of hydrogen-bond donors (Lipinski definition) is 2. The molecule has 1 heterocycles. The molecule has 1 aromatic rings. The first-order valence-electron chi connectivity index (χ1n) is 7.02. The maximum atomic E-state index is 11.9. The molecule has 0 radical (unpaired) electrons. The predicted octanol–water partition coefficient (Wildman–Crippen LogP) is 2.47. The monoisotopic (exact) mass is 310 g/mol. The van der Waals surface area contributed by atoms with Gasteiger partial charge in [-0.15, -0.1) is 0 Å². The van der Waals surface area contributed by atoms with Crippen LogP contribution in [-0.2, 0) is 9.59 Å². The predicted molar refractivity (Wildman–Crippen MR) is 81.5 cm³/mol. The van der Waals surface area contributed by atoms with Crippen LogP contribution in [0.1, 0.15) is 19.3 Å². The molecule has 1 amide bonds. The Balaban J connectivity index is 1.71. The van der Waals surface area contributed by atoms with Crippen LogP contribution in [0.25, 0.3) is 0 Å². The Hall–Kier alpha value is -1.59. The molecule has 0 saturated carbocycles. The molecule has 1 aromatic carbocycles. The maximum absolute atomic E-state index is 11.9. The summed E-state index contributed by atoms with van der Waals surface area (Å²) in [4.78, 5) is 24.7. The van der Waals surface area contributed by atoms with Crippen LogP contribution in [0, 0.1) is 5.92 Å². The van der Waals surface area contributed by atoms with Gasteiger partial charge in [0.1, 0.15) is 0 Å². The second-order valence-corrected chi connectivity index (χ2v) is 5.80. The summed E-state index contributed by atoms with van der Waals surface area (Å²) in [5, 5.41) is 12.2. The van der Waals surface area contributed by atoms with E-state index in [0.717, 1.165) is 19.5 Å². The van der Waals surface area contributed by atoms with Crippen molar-refractivity contribution in [3.63, 3.8) is 0 Å². The van der Waals surface area contributed by atoms with Crippen molar-refractivity contribution in [3.05, 3.63) is 29.3 Å². The number of amides is 1. The Morgan fingerprint density at radius 2 is 2.24 bits per heavy atom. The Morgan fingerprint density at radius 3 is 2.95 bits per heavy atom. The summed E-state index contributed by atoms with van der Waals surface area (Å²) >= 11 is 5.86. The molecule has 1 unspecified atom stereocenters. The Labute approximate surface area is 128 Å². The number of anilines is 1. The zero-order chi connectivity index (χ0) is 15.2. The number of aliphatic carboxylic acids is 1. The number of carbonyl (C=O) groups excluding carboxylic acids is 1. The van der Waals surface area contributed by atoms with E-state index in [1.165, 1.54) is 0 Å². The van der Waals surface area contributed by atoms with Crippen LogP contribution < -0.4 is 5.32 Å². The van der Waals surface area contributed by atoms with E-state index in [1.54, 1.807) is 24.3 Å². The number of rotatable bonds is 6. The highest BCUT2D eigenvalue weighted by atomic mass is 35.5. The molecule has 21 heavy (non-hydrogen) atoms. The summed E-state index contributed by atoms with van der Waals surface area (Å²) < 4.78 is 0. The largest absolute Gasteiger partial charge is 0.481 e. The van der Waals surface area contributed by atoms with Gasteiger partial charge < -0.3 is 15.3 Å². The van der Waals surface area contributed by atoms with Gasteiger partial charge in [0.15, 0.2) is 0 Å². The van der Waals surface area contributed by atoms with Gasteiger partial charge in [0.05, 0.1) is 0 Å². The van der Waals surface area contributed by atoms with E-state index in [1.807, 2.05) is 0 Å². The van der Waals surface area contributed by atoms with E-state index < -0.39 is 5.97 Å². The molecule has 6 heteroatoms. The van der Waals surface area contributed by atoms with E-state index in [9.17, 15) is 9.59 Å². The Bertz CT molecular complexity index is 521. The smallest absolute Gasteiger partial charge is 0.303 e. The topological polar surface area (TPSA) is 69.6 Å². The van der Waals surface area contributed by atoms with Crippen LogP contribution in [0.15, 0.2) is 24.3 Å². The second kappa shape index (κ2) is 7.43. The molecule has 1 fully saturated rings. The summed E-state index contributed by atoms with van der Waals surface area (Å²) in [7, 11) is 0. The van der Waals surface area contributed by atoms with Crippen molar-refractivity contribution in [1.29, 1.82) is 0 Å². The molecule has 114 valence electrons. The third-order valence-corrected chi connectivity index (χ3v) is 3.83. The highest BCUT2D eigenvalue weighted by molar-refractivity contribution is 6.30. The third-order valence-electron chi connectivity index (χ3n) is 3.60. The van der Waals surface area contributed by atoms with Crippen molar-refractivity contribution >= 4 is 29.2 Å². The summed E-state index contributed by atoms with van der Waals surface area (Å²) in [6, 6.07) is 7.04. The number of carbonyl (C=O) groups is 2. The zero-order valence-corrected chi connectivity index (χ0v) is 12.5. The van der Waals surface area contributed by atoms with E-state index in [0.29, 0.717) is 23.7 Å². The normalized spacial score (nSPS) is 18.6. The van der Waals surface area contributed by atoms with Crippen molar-refractivity contribution in [2.24, 2.45) is 5.92 Å². The van der Waals surface area contributed by atoms with Crippen LogP contribution in [0.2, 0.25) is 5.02 Å². The van der Waals surface area contributed by atoms with Crippen molar-refractivity contribution < 1.29 is 14.7 Å². The van der Waals surface area contributed by atoms with Gasteiger partial charge in [0.2, 0.25) is 5.91 Å². The minimum Gasteiger partial charge on any atom is -0.481 e. The fourth-order valence-corrected chi connectivity index (χ4v) is 2.77. The zero-order valence-electron chi connectivity index (χ0n) is 11.7. The van der Waals surface area contributed by atoms with E-state index >= 15 is 0 Å². The number of benzene rings is 1. The van der Waals surface area contributed by atoms with E-state index in [-0.39, 0.29) is 18.2 Å². The number of nitrogens with one attached hydrogen (secondary N) is 1. The number of nitrogens with zero attached hydrogens (tertiary/aromatic N) is 1. The highest BCUT2D eigenvalue weighted by Gasteiger charge is 2.24. The fraction of sp³-hybridized carbons (Fsp3) is 0.467. The molecular formula is C15H19ClN2O3. The number of halogens is 1. The number of likely N-dealkylation sites (tertiary alicyclic amines) is 1. The molecule has 1 atom stereocenters. The van der Waals surface area contributed by atoms with Crippen LogP contribution in [-0.4, -0.2) is 41.5 Å². The van der Waals surface area contributed by atoms with Crippen LogP contribution in [0.4, 0.5) is 5.69 Å². The van der Waals surface area contributed by atoms with Crippen LogP contribution >= 0.6 is 11.6 Å². The van der Waals surface area contributed by atoms with Gasteiger partial charge >= 0.3 is 5.97 Å². The molecule has 0 spiro atoms. The first kappa shape index (κ1) is 15.8. The minimum absolute atomic E-state index is 0.0565. The number of carboxylic acids is 1. The summed E-state index contributed by atoms with van der Waals surface area (Å²) in [5.41, 5.74) is 0.692. The Morgan fingerprint density at radius 1 is 1.43 bits per heavy atom. The maximum Gasteiger partial charge on any atom is 0.303 e. The first-order valence-corrected chi connectivity index (χ1v) is 7.40.